The predicted molar refractivity (Wildman–Crippen MR) is 262 cm³/mol. The zero-order valence-corrected chi connectivity index (χ0v) is 39.3. The lowest BCUT2D eigenvalue weighted by atomic mass is 9.65. The summed E-state index contributed by atoms with van der Waals surface area (Å²) in [6, 6.07) is 34.8. The van der Waals surface area contributed by atoms with Crippen molar-refractivity contribution in [2.75, 3.05) is 38.4 Å². The van der Waals surface area contributed by atoms with Crippen molar-refractivity contribution in [1.82, 2.24) is 20.2 Å². The molecule has 6 atom stereocenters. The molecule has 3 aliphatic heterocycles. The number of cyclic esters (lactones) is 1. The Kier molecular flexibility index (Phi) is 13.4. The maximum absolute atomic E-state index is 16.5. The Morgan fingerprint density at radius 1 is 0.831 bits per heavy atom. The van der Waals surface area contributed by atoms with E-state index in [0.29, 0.717) is 46.6 Å². The van der Waals surface area contributed by atoms with Gasteiger partial charge in [0.1, 0.15) is 47.9 Å². The number of aromatic nitrogens is 2. The predicted octanol–water partition coefficient (Wildman–Crippen LogP) is 7.14. The molecule has 6 unspecified atom stereocenters. The van der Waals surface area contributed by atoms with Gasteiger partial charge in [0.2, 0.25) is 11.8 Å². The monoisotopic (exact) mass is 957 g/mol. The zero-order chi connectivity index (χ0) is 49.1. The van der Waals surface area contributed by atoms with Crippen LogP contribution in [0.3, 0.4) is 0 Å². The summed E-state index contributed by atoms with van der Waals surface area (Å²) in [5, 5.41) is 24.6. The van der Waals surface area contributed by atoms with E-state index in [0.717, 1.165) is 41.7 Å². The number of rotatable bonds is 12. The Hall–Kier alpha value is -7.35. The van der Waals surface area contributed by atoms with Gasteiger partial charge in [0.15, 0.2) is 0 Å². The number of methoxy groups -OCH3 is 1. The summed E-state index contributed by atoms with van der Waals surface area (Å²) in [6.07, 6.45) is 2.67. The molecule has 364 valence electrons. The molecule has 10 rings (SSSR count). The fraction of sp³-hybridized carbons (Fsp3) is 0.339. The first-order valence-corrected chi connectivity index (χ1v) is 24.2. The minimum atomic E-state index is -2.11. The van der Waals surface area contributed by atoms with Crippen molar-refractivity contribution < 1.29 is 48.3 Å². The van der Waals surface area contributed by atoms with Gasteiger partial charge in [-0.1, -0.05) is 110 Å². The second kappa shape index (κ2) is 20.2. The SMILES string of the molecule is COCCOC(=O)N1C(=O)C2(c3cc(C#CC4(O)CCCCCC4)ccc31)C(C(=O)NCc1nc3ccccc3[nH]1)C1C(=O)OC(c3ccccc3)C(c3ccccc3)N1C2c1cccc(OCCO)c1. The number of hydrogen-bond donors (Lipinski definition) is 4. The van der Waals surface area contributed by atoms with E-state index in [9.17, 15) is 15.0 Å². The number of carbonyl (C=O) groups excluding carboxylic acids is 4. The molecule has 4 N–H and O–H groups in total. The number of amides is 3. The van der Waals surface area contributed by atoms with Crippen molar-refractivity contribution >= 4 is 40.6 Å². The van der Waals surface area contributed by atoms with Crippen LogP contribution >= 0.6 is 0 Å². The third kappa shape index (κ3) is 8.82. The lowest BCUT2D eigenvalue weighted by molar-refractivity contribution is -0.178. The summed E-state index contributed by atoms with van der Waals surface area (Å²) in [5.41, 5.74) is 0.744. The van der Waals surface area contributed by atoms with Crippen molar-refractivity contribution in [3.8, 4) is 17.6 Å². The Bertz CT molecular complexity index is 2970. The third-order valence-electron chi connectivity index (χ3n) is 14.2. The number of para-hydroxylation sites is 2. The Morgan fingerprint density at radius 3 is 2.28 bits per heavy atom. The highest BCUT2D eigenvalue weighted by atomic mass is 16.6. The van der Waals surface area contributed by atoms with Crippen molar-refractivity contribution in [3.05, 3.63) is 161 Å². The number of ether oxygens (including phenoxy) is 4. The van der Waals surface area contributed by atoms with Crippen molar-refractivity contribution in [3.63, 3.8) is 0 Å². The van der Waals surface area contributed by atoms with E-state index in [-0.39, 0.29) is 44.2 Å². The Balaban J connectivity index is 1.25. The van der Waals surface area contributed by atoms with Crippen LogP contribution in [0.25, 0.3) is 11.0 Å². The van der Waals surface area contributed by atoms with Crippen molar-refractivity contribution in [2.45, 2.75) is 80.3 Å². The van der Waals surface area contributed by atoms with E-state index < -0.39 is 65.0 Å². The number of imide groups is 1. The molecular formula is C56H55N5O10. The van der Waals surface area contributed by atoms with E-state index in [1.807, 2.05) is 89.8 Å². The molecule has 2 saturated heterocycles. The highest BCUT2D eigenvalue weighted by molar-refractivity contribution is 6.23. The van der Waals surface area contributed by atoms with Gasteiger partial charge in [0, 0.05) is 12.7 Å². The van der Waals surface area contributed by atoms with E-state index in [4.69, 9.17) is 23.9 Å². The number of H-pyrrole nitrogens is 1. The molecule has 15 heteroatoms. The fourth-order valence-corrected chi connectivity index (χ4v) is 11.2. The van der Waals surface area contributed by atoms with Gasteiger partial charge in [-0.05, 0) is 90.4 Å². The first-order valence-electron chi connectivity index (χ1n) is 24.2. The van der Waals surface area contributed by atoms with Crippen LogP contribution < -0.4 is 15.0 Å². The summed E-state index contributed by atoms with van der Waals surface area (Å²) < 4.78 is 23.6. The van der Waals surface area contributed by atoms with Crippen LogP contribution in [-0.4, -0.2) is 94.1 Å². The molecular weight excluding hydrogens is 903 g/mol. The van der Waals surface area contributed by atoms with E-state index >= 15 is 14.4 Å². The lowest BCUT2D eigenvalue weighted by Gasteiger charge is -2.46. The van der Waals surface area contributed by atoms with Gasteiger partial charge in [-0.3, -0.25) is 19.3 Å². The number of carbonyl (C=O) groups is 4. The number of aliphatic hydroxyl groups excluding tert-OH is 1. The average Bonchev–Trinajstić information content (AvgIpc) is 3.97. The standard InChI is InChI=1S/C56H55N5O10/c1-68-31-32-70-54(66)60-44-24-23-36(25-28-55(67)26-12-2-3-13-27-55)33-41(44)56(53(60)65)46(51(63)57-35-45-58-42-21-10-11-22-43(42)59-45)48-52(64)71-49(38-17-8-5-9-18-38)47(37-15-6-4-7-16-37)61(48)50(56)39-19-14-20-40(34-39)69-30-29-62/h4-11,14-24,33-34,46-50,62,67H,2-3,12-13,26-27,29-32,35H2,1H3,(H,57,63)(H,58,59). The van der Waals surface area contributed by atoms with Gasteiger partial charge in [0.25, 0.3) is 0 Å². The minimum absolute atomic E-state index is 0.0370. The molecule has 5 aromatic carbocycles. The number of nitrogens with zero attached hydrogens (tertiary/aromatic N) is 3. The van der Waals surface area contributed by atoms with Crippen LogP contribution in [0.4, 0.5) is 10.5 Å². The smallest absolute Gasteiger partial charge is 0.421 e. The summed E-state index contributed by atoms with van der Waals surface area (Å²) >= 11 is 0. The number of anilines is 1. The largest absolute Gasteiger partial charge is 0.491 e. The van der Waals surface area contributed by atoms with Crippen LogP contribution in [0.5, 0.6) is 5.75 Å². The number of nitrogens with one attached hydrogen (secondary N) is 2. The van der Waals surface area contributed by atoms with Crippen LogP contribution in [0.1, 0.15) is 90.4 Å². The molecule has 1 aliphatic carbocycles. The van der Waals surface area contributed by atoms with Gasteiger partial charge in [0.05, 0.1) is 54.5 Å². The number of morpholine rings is 1. The number of imidazole rings is 1. The van der Waals surface area contributed by atoms with Crippen molar-refractivity contribution in [1.29, 1.82) is 0 Å². The highest BCUT2D eigenvalue weighted by Crippen LogP contribution is 2.66. The quantitative estimate of drug-likeness (QED) is 0.0420. The van der Waals surface area contributed by atoms with Crippen LogP contribution in [0.2, 0.25) is 0 Å². The average molecular weight is 958 g/mol. The highest BCUT2D eigenvalue weighted by Gasteiger charge is 2.76. The lowest BCUT2D eigenvalue weighted by Crippen LogP contribution is -2.55. The molecule has 4 heterocycles. The van der Waals surface area contributed by atoms with Gasteiger partial charge >= 0.3 is 12.1 Å². The summed E-state index contributed by atoms with van der Waals surface area (Å²) in [7, 11) is 1.46. The first kappa shape index (κ1) is 47.3. The van der Waals surface area contributed by atoms with Gasteiger partial charge < -0.3 is 39.5 Å². The number of hydrogen-bond acceptors (Lipinski definition) is 12. The molecule has 1 aromatic heterocycles. The van der Waals surface area contributed by atoms with Gasteiger partial charge in [-0.25, -0.2) is 14.7 Å². The molecule has 3 amide bonds. The van der Waals surface area contributed by atoms with Gasteiger partial charge in [-0.15, -0.1) is 0 Å². The van der Waals surface area contributed by atoms with Gasteiger partial charge in [-0.2, -0.15) is 0 Å². The molecule has 3 fully saturated rings. The number of aliphatic hydroxyl groups is 2. The van der Waals surface area contributed by atoms with Crippen molar-refractivity contribution in [2.24, 2.45) is 5.92 Å². The van der Waals surface area contributed by atoms with Crippen LogP contribution in [0.15, 0.2) is 127 Å². The minimum Gasteiger partial charge on any atom is -0.491 e. The maximum Gasteiger partial charge on any atom is 0.421 e. The molecule has 71 heavy (non-hydrogen) atoms. The number of benzene rings is 5. The molecule has 1 saturated carbocycles. The number of esters is 1. The van der Waals surface area contributed by atoms with Crippen LogP contribution in [-0.2, 0) is 40.6 Å². The summed E-state index contributed by atoms with van der Waals surface area (Å²) in [5.74, 6) is 3.32. The first-order chi connectivity index (χ1) is 34.6. The molecule has 15 nitrogen and oxygen atoms in total. The Morgan fingerprint density at radius 2 is 1.55 bits per heavy atom. The second-order valence-corrected chi connectivity index (χ2v) is 18.5. The Labute approximate surface area is 411 Å². The van der Waals surface area contributed by atoms with E-state index in [1.165, 1.54) is 7.11 Å². The number of aromatic amines is 1. The summed E-state index contributed by atoms with van der Waals surface area (Å²) in [4.78, 5) is 73.4. The van der Waals surface area contributed by atoms with E-state index in [1.54, 1.807) is 42.5 Å². The second-order valence-electron chi connectivity index (χ2n) is 18.5. The topological polar surface area (TPSA) is 193 Å². The normalized spacial score (nSPS) is 23.5. The maximum atomic E-state index is 16.5. The zero-order valence-electron chi connectivity index (χ0n) is 39.3. The fourth-order valence-electron chi connectivity index (χ4n) is 11.2. The third-order valence-corrected chi connectivity index (χ3v) is 14.2. The molecule has 1 spiro atoms. The molecule has 6 aromatic rings. The molecule has 4 aliphatic rings. The van der Waals surface area contributed by atoms with Crippen LogP contribution in [0, 0.1) is 17.8 Å². The summed E-state index contributed by atoms with van der Waals surface area (Å²) in [6.45, 7) is -0.565. The molecule has 0 radical (unpaired) electrons. The number of fused-ring (bicyclic) bond motifs is 4. The van der Waals surface area contributed by atoms with E-state index in [2.05, 4.69) is 22.1 Å². The molecule has 0 bridgehead atoms.